The highest BCUT2D eigenvalue weighted by atomic mass is 32.1. The molecular weight excluding hydrogens is 312 g/mol. The van der Waals surface area contributed by atoms with E-state index in [1.807, 2.05) is 38.4 Å². The van der Waals surface area contributed by atoms with Crippen LogP contribution >= 0.6 is 22.7 Å². The molecule has 108 valence electrons. The Balaban J connectivity index is 1.77. The van der Waals surface area contributed by atoms with Gasteiger partial charge in [-0.15, -0.1) is 0 Å². The molecule has 0 bridgehead atoms. The number of thiazole rings is 2. The fourth-order valence-corrected chi connectivity index (χ4v) is 4.28. The van der Waals surface area contributed by atoms with E-state index in [1.54, 1.807) is 22.7 Å². The standard InChI is InChI=1S/C16H12N4S2/c1-9-7-11(3-5-17-9)13-19-15-16(21-13)20-14(22-15)12-4-6-18-10(2)8-12/h3-8H,1-2H3. The predicted octanol–water partition coefficient (Wildman–Crippen LogP) is 4.49. The van der Waals surface area contributed by atoms with Crippen LogP contribution in [0, 0.1) is 13.8 Å². The molecule has 6 heteroatoms. The minimum absolute atomic E-state index is 0.985. The van der Waals surface area contributed by atoms with Gasteiger partial charge in [0.05, 0.1) is 0 Å². The van der Waals surface area contributed by atoms with Gasteiger partial charge in [0.15, 0.2) is 9.66 Å². The third-order valence-corrected chi connectivity index (χ3v) is 5.39. The maximum atomic E-state index is 4.72. The zero-order valence-corrected chi connectivity index (χ0v) is 13.7. The molecule has 0 atom stereocenters. The van der Waals surface area contributed by atoms with Crippen LogP contribution in [0.2, 0.25) is 0 Å². The Kier molecular flexibility index (Phi) is 3.20. The fraction of sp³-hybridized carbons (Fsp3) is 0.125. The Bertz CT molecular complexity index is 865. The number of hydrogen-bond donors (Lipinski definition) is 0. The first kappa shape index (κ1) is 13.5. The lowest BCUT2D eigenvalue weighted by Crippen LogP contribution is -1.82. The number of aryl methyl sites for hydroxylation is 2. The van der Waals surface area contributed by atoms with Crippen LogP contribution in [0.3, 0.4) is 0 Å². The Morgan fingerprint density at radius 3 is 1.59 bits per heavy atom. The zero-order chi connectivity index (χ0) is 15.1. The summed E-state index contributed by atoms with van der Waals surface area (Å²) in [5.41, 5.74) is 4.20. The average molecular weight is 324 g/mol. The van der Waals surface area contributed by atoms with Crippen molar-refractivity contribution in [1.29, 1.82) is 0 Å². The highest BCUT2D eigenvalue weighted by Gasteiger charge is 2.13. The first-order valence-electron chi connectivity index (χ1n) is 6.82. The summed E-state index contributed by atoms with van der Waals surface area (Å²) in [6.07, 6.45) is 3.64. The van der Waals surface area contributed by atoms with Crippen LogP contribution in [0.5, 0.6) is 0 Å². The van der Waals surface area contributed by atoms with E-state index in [2.05, 4.69) is 22.1 Å². The molecular formula is C16H12N4S2. The van der Waals surface area contributed by atoms with Crippen LogP contribution in [-0.4, -0.2) is 19.9 Å². The maximum Gasteiger partial charge on any atom is 0.155 e. The molecule has 0 aromatic carbocycles. The Hall–Kier alpha value is -2.18. The predicted molar refractivity (Wildman–Crippen MR) is 91.2 cm³/mol. The lowest BCUT2D eigenvalue weighted by molar-refractivity contribution is 1.20. The summed E-state index contributed by atoms with van der Waals surface area (Å²) in [6.45, 7) is 3.98. The summed E-state index contributed by atoms with van der Waals surface area (Å²) < 4.78 is 0. The number of aromatic nitrogens is 4. The van der Waals surface area contributed by atoms with E-state index in [0.717, 1.165) is 42.2 Å². The monoisotopic (exact) mass is 324 g/mol. The molecule has 0 unspecified atom stereocenters. The molecule has 0 radical (unpaired) electrons. The summed E-state index contributed by atoms with van der Waals surface area (Å²) in [6, 6.07) is 8.08. The highest BCUT2D eigenvalue weighted by Crippen LogP contribution is 2.36. The first-order chi connectivity index (χ1) is 10.7. The summed E-state index contributed by atoms with van der Waals surface area (Å²) in [4.78, 5) is 19.9. The number of pyridine rings is 2. The van der Waals surface area contributed by atoms with Crippen LogP contribution in [-0.2, 0) is 0 Å². The van der Waals surface area contributed by atoms with Gasteiger partial charge < -0.3 is 0 Å². The summed E-state index contributed by atoms with van der Waals surface area (Å²) in [5, 5.41) is 1.99. The quantitative estimate of drug-likeness (QED) is 0.545. The van der Waals surface area contributed by atoms with Crippen LogP contribution in [0.25, 0.3) is 30.8 Å². The van der Waals surface area contributed by atoms with Crippen molar-refractivity contribution in [2.45, 2.75) is 13.8 Å². The smallest absolute Gasteiger partial charge is 0.155 e. The molecule has 4 heterocycles. The van der Waals surface area contributed by atoms with Gasteiger partial charge >= 0.3 is 0 Å². The largest absolute Gasteiger partial charge is 0.262 e. The van der Waals surface area contributed by atoms with Crippen molar-refractivity contribution in [3.8, 4) is 21.1 Å². The van der Waals surface area contributed by atoms with Gasteiger partial charge in [-0.2, -0.15) is 0 Å². The molecule has 0 aliphatic rings. The molecule has 0 spiro atoms. The van der Waals surface area contributed by atoms with E-state index < -0.39 is 0 Å². The van der Waals surface area contributed by atoms with E-state index in [-0.39, 0.29) is 0 Å². The van der Waals surface area contributed by atoms with Gasteiger partial charge in [0.2, 0.25) is 0 Å². The van der Waals surface area contributed by atoms with Crippen molar-refractivity contribution in [2.75, 3.05) is 0 Å². The summed E-state index contributed by atoms with van der Waals surface area (Å²) in [7, 11) is 0. The molecule has 0 saturated carbocycles. The van der Waals surface area contributed by atoms with Crippen molar-refractivity contribution in [3.63, 3.8) is 0 Å². The van der Waals surface area contributed by atoms with E-state index in [1.165, 1.54) is 0 Å². The molecule has 0 saturated heterocycles. The van der Waals surface area contributed by atoms with E-state index in [9.17, 15) is 0 Å². The topological polar surface area (TPSA) is 51.6 Å². The molecule has 0 aliphatic carbocycles. The van der Waals surface area contributed by atoms with E-state index >= 15 is 0 Å². The zero-order valence-electron chi connectivity index (χ0n) is 12.1. The second kappa shape index (κ2) is 5.23. The third-order valence-electron chi connectivity index (χ3n) is 3.26. The molecule has 22 heavy (non-hydrogen) atoms. The average Bonchev–Trinajstić information content (AvgIpc) is 3.05. The van der Waals surface area contributed by atoms with Crippen molar-refractivity contribution >= 4 is 32.3 Å². The SMILES string of the molecule is Cc1cc(-c2nc3sc(-c4ccnc(C)c4)nc3s2)ccn1. The minimum atomic E-state index is 0.985. The molecule has 4 nitrogen and oxygen atoms in total. The van der Waals surface area contributed by atoms with Crippen LogP contribution in [0.1, 0.15) is 11.4 Å². The van der Waals surface area contributed by atoms with Gasteiger partial charge in [-0.3, -0.25) is 9.97 Å². The Morgan fingerprint density at radius 1 is 0.727 bits per heavy atom. The number of rotatable bonds is 2. The number of nitrogens with zero attached hydrogens (tertiary/aromatic N) is 4. The fourth-order valence-electron chi connectivity index (χ4n) is 2.25. The van der Waals surface area contributed by atoms with Gasteiger partial charge in [0.1, 0.15) is 10.0 Å². The van der Waals surface area contributed by atoms with Crippen molar-refractivity contribution in [3.05, 3.63) is 48.0 Å². The van der Waals surface area contributed by atoms with Gasteiger partial charge in [-0.25, -0.2) is 9.97 Å². The molecule has 4 aromatic heterocycles. The van der Waals surface area contributed by atoms with Crippen LogP contribution in [0.15, 0.2) is 36.7 Å². The minimum Gasteiger partial charge on any atom is -0.262 e. The van der Waals surface area contributed by atoms with Gasteiger partial charge in [-0.05, 0) is 38.1 Å². The molecule has 0 fully saturated rings. The highest BCUT2D eigenvalue weighted by molar-refractivity contribution is 7.29. The van der Waals surface area contributed by atoms with E-state index in [4.69, 9.17) is 9.97 Å². The Labute approximate surface area is 135 Å². The van der Waals surface area contributed by atoms with Crippen LogP contribution < -0.4 is 0 Å². The normalized spacial score (nSPS) is 11.2. The summed E-state index contributed by atoms with van der Waals surface area (Å²) in [5.74, 6) is 0. The van der Waals surface area contributed by atoms with Gasteiger partial charge in [0.25, 0.3) is 0 Å². The molecule has 0 aliphatic heterocycles. The molecule has 0 N–H and O–H groups in total. The second-order valence-corrected chi connectivity index (χ2v) is 6.98. The van der Waals surface area contributed by atoms with Crippen LogP contribution in [0.4, 0.5) is 0 Å². The van der Waals surface area contributed by atoms with Crippen molar-refractivity contribution < 1.29 is 0 Å². The lowest BCUT2D eigenvalue weighted by atomic mass is 10.2. The van der Waals surface area contributed by atoms with E-state index in [0.29, 0.717) is 0 Å². The first-order valence-corrected chi connectivity index (χ1v) is 8.46. The lowest BCUT2D eigenvalue weighted by Gasteiger charge is -1.97. The van der Waals surface area contributed by atoms with Crippen molar-refractivity contribution in [2.24, 2.45) is 0 Å². The second-order valence-electron chi connectivity index (χ2n) is 5.02. The maximum absolute atomic E-state index is 4.72. The van der Waals surface area contributed by atoms with Gasteiger partial charge in [0, 0.05) is 34.9 Å². The van der Waals surface area contributed by atoms with Gasteiger partial charge in [-0.1, -0.05) is 22.7 Å². The van der Waals surface area contributed by atoms with Crippen molar-refractivity contribution in [1.82, 2.24) is 19.9 Å². The Morgan fingerprint density at radius 2 is 1.18 bits per heavy atom. The number of hydrogen-bond acceptors (Lipinski definition) is 6. The summed E-state index contributed by atoms with van der Waals surface area (Å²) >= 11 is 3.25. The molecule has 4 rings (SSSR count). The number of fused-ring (bicyclic) bond motifs is 1. The third kappa shape index (κ3) is 2.40. The molecule has 4 aromatic rings. The molecule has 0 amide bonds.